The second kappa shape index (κ2) is 8.25. The minimum Gasteiger partial charge on any atom is -0.387 e. The molecule has 0 aliphatic heterocycles. The standard InChI is InChI=1S/C19H20FNO2/c1-14-5-7-15(8-6-14)3-2-4-19(23)21-13-18(22)16-9-11-17(20)12-10-16/h2-3,5-12,18,22H,4,13H2,1H3,(H,21,23)/b3-2+. The van der Waals surface area contributed by atoms with Crippen LogP contribution in [0.5, 0.6) is 0 Å². The fraction of sp³-hybridized carbons (Fsp3) is 0.211. The second-order valence-electron chi connectivity index (χ2n) is 5.39. The van der Waals surface area contributed by atoms with Crippen LogP contribution in [-0.4, -0.2) is 17.6 Å². The average molecular weight is 313 g/mol. The van der Waals surface area contributed by atoms with Crippen molar-refractivity contribution in [2.24, 2.45) is 0 Å². The minimum atomic E-state index is -0.847. The number of rotatable bonds is 6. The van der Waals surface area contributed by atoms with Crippen LogP contribution in [0.25, 0.3) is 6.08 Å². The fourth-order valence-corrected chi connectivity index (χ4v) is 2.07. The van der Waals surface area contributed by atoms with Gasteiger partial charge in [0.2, 0.25) is 5.91 Å². The zero-order valence-corrected chi connectivity index (χ0v) is 13.0. The molecule has 2 aromatic rings. The van der Waals surface area contributed by atoms with Gasteiger partial charge in [-0.3, -0.25) is 4.79 Å². The maximum atomic E-state index is 12.8. The highest BCUT2D eigenvalue weighted by Gasteiger charge is 2.08. The van der Waals surface area contributed by atoms with Crippen molar-refractivity contribution in [2.45, 2.75) is 19.4 Å². The molecule has 0 spiro atoms. The van der Waals surface area contributed by atoms with Crippen LogP contribution in [0.3, 0.4) is 0 Å². The summed E-state index contributed by atoms with van der Waals surface area (Å²) in [5, 5.41) is 12.6. The van der Waals surface area contributed by atoms with Gasteiger partial charge in [0.1, 0.15) is 5.82 Å². The highest BCUT2D eigenvalue weighted by molar-refractivity contribution is 5.78. The van der Waals surface area contributed by atoms with Crippen LogP contribution in [0.4, 0.5) is 4.39 Å². The molecule has 0 aliphatic rings. The molecule has 3 nitrogen and oxygen atoms in total. The first-order valence-corrected chi connectivity index (χ1v) is 7.48. The van der Waals surface area contributed by atoms with E-state index in [2.05, 4.69) is 5.32 Å². The van der Waals surface area contributed by atoms with Gasteiger partial charge in [-0.15, -0.1) is 0 Å². The summed E-state index contributed by atoms with van der Waals surface area (Å²) in [5.74, 6) is -0.527. The van der Waals surface area contributed by atoms with Crippen molar-refractivity contribution >= 4 is 12.0 Å². The van der Waals surface area contributed by atoms with Crippen LogP contribution in [0.1, 0.15) is 29.2 Å². The molecular formula is C19H20FNO2. The number of nitrogens with one attached hydrogen (secondary N) is 1. The smallest absolute Gasteiger partial charge is 0.223 e. The maximum Gasteiger partial charge on any atom is 0.223 e. The summed E-state index contributed by atoms with van der Waals surface area (Å²) in [7, 11) is 0. The van der Waals surface area contributed by atoms with Crippen LogP contribution < -0.4 is 5.32 Å². The monoisotopic (exact) mass is 313 g/mol. The molecule has 0 radical (unpaired) electrons. The van der Waals surface area contributed by atoms with Gasteiger partial charge in [0, 0.05) is 13.0 Å². The summed E-state index contributed by atoms with van der Waals surface area (Å²) in [5.41, 5.74) is 2.80. The first kappa shape index (κ1) is 16.9. The number of amides is 1. The van der Waals surface area contributed by atoms with Gasteiger partial charge in [0.05, 0.1) is 6.10 Å². The van der Waals surface area contributed by atoms with Gasteiger partial charge < -0.3 is 10.4 Å². The Balaban J connectivity index is 1.76. The van der Waals surface area contributed by atoms with E-state index in [-0.39, 0.29) is 24.7 Å². The number of carbonyl (C=O) groups excluding carboxylic acids is 1. The normalized spacial score (nSPS) is 12.3. The molecule has 4 heteroatoms. The fourth-order valence-electron chi connectivity index (χ4n) is 2.07. The van der Waals surface area contributed by atoms with Crippen LogP contribution in [0, 0.1) is 12.7 Å². The minimum absolute atomic E-state index is 0.100. The Morgan fingerprint density at radius 2 is 1.83 bits per heavy atom. The number of halogens is 1. The summed E-state index contributed by atoms with van der Waals surface area (Å²) in [6, 6.07) is 13.6. The van der Waals surface area contributed by atoms with Crippen molar-refractivity contribution in [2.75, 3.05) is 6.54 Å². The molecule has 0 aliphatic carbocycles. The topological polar surface area (TPSA) is 49.3 Å². The Morgan fingerprint density at radius 1 is 1.17 bits per heavy atom. The van der Waals surface area contributed by atoms with E-state index in [4.69, 9.17) is 0 Å². The lowest BCUT2D eigenvalue weighted by molar-refractivity contribution is -0.120. The second-order valence-corrected chi connectivity index (χ2v) is 5.39. The van der Waals surface area contributed by atoms with Crippen LogP contribution in [0.15, 0.2) is 54.6 Å². The quantitative estimate of drug-likeness (QED) is 0.859. The maximum absolute atomic E-state index is 12.8. The molecule has 2 rings (SSSR count). The number of hydrogen-bond acceptors (Lipinski definition) is 2. The van der Waals surface area contributed by atoms with Gasteiger partial charge in [0.25, 0.3) is 0 Å². The molecule has 0 saturated heterocycles. The van der Waals surface area contributed by atoms with Gasteiger partial charge in [-0.25, -0.2) is 4.39 Å². The van der Waals surface area contributed by atoms with Crippen molar-refractivity contribution in [1.82, 2.24) is 5.32 Å². The predicted octanol–water partition coefficient (Wildman–Crippen LogP) is 3.39. The Labute approximate surface area is 135 Å². The Bertz CT molecular complexity index is 663. The Morgan fingerprint density at radius 3 is 2.48 bits per heavy atom. The number of aliphatic hydroxyl groups excluding tert-OH is 1. The number of aryl methyl sites for hydroxylation is 1. The zero-order chi connectivity index (χ0) is 16.7. The van der Waals surface area contributed by atoms with Crippen LogP contribution in [-0.2, 0) is 4.79 Å². The summed E-state index contributed by atoms with van der Waals surface area (Å²) >= 11 is 0. The molecule has 2 N–H and O–H groups in total. The van der Waals surface area contributed by atoms with Gasteiger partial charge in [0.15, 0.2) is 0 Å². The van der Waals surface area contributed by atoms with E-state index in [1.807, 2.05) is 37.3 Å². The summed E-state index contributed by atoms with van der Waals surface area (Å²) < 4.78 is 12.8. The SMILES string of the molecule is Cc1ccc(/C=C/CC(=O)NCC(O)c2ccc(F)cc2)cc1. The molecule has 0 heterocycles. The van der Waals surface area contributed by atoms with E-state index in [0.29, 0.717) is 5.56 Å². The summed E-state index contributed by atoms with van der Waals surface area (Å²) in [4.78, 5) is 11.7. The molecule has 0 saturated carbocycles. The first-order valence-electron chi connectivity index (χ1n) is 7.48. The molecule has 0 bridgehead atoms. The summed E-state index contributed by atoms with van der Waals surface area (Å²) in [6.45, 7) is 2.12. The van der Waals surface area contributed by atoms with E-state index in [1.54, 1.807) is 6.08 Å². The largest absolute Gasteiger partial charge is 0.387 e. The third-order valence-electron chi connectivity index (χ3n) is 3.44. The van der Waals surface area contributed by atoms with Crippen molar-refractivity contribution in [1.29, 1.82) is 0 Å². The van der Waals surface area contributed by atoms with E-state index < -0.39 is 6.10 Å². The summed E-state index contributed by atoms with van der Waals surface area (Å²) in [6.07, 6.45) is 3.06. The lowest BCUT2D eigenvalue weighted by atomic mass is 10.1. The molecule has 1 atom stereocenters. The van der Waals surface area contributed by atoms with Gasteiger partial charge in [-0.2, -0.15) is 0 Å². The molecule has 0 aromatic heterocycles. The first-order chi connectivity index (χ1) is 11.0. The highest BCUT2D eigenvalue weighted by atomic mass is 19.1. The highest BCUT2D eigenvalue weighted by Crippen LogP contribution is 2.12. The molecule has 1 amide bonds. The van der Waals surface area contributed by atoms with Crippen molar-refractivity contribution in [3.8, 4) is 0 Å². The lowest BCUT2D eigenvalue weighted by Crippen LogP contribution is -2.27. The molecule has 0 fully saturated rings. The van der Waals surface area contributed by atoms with E-state index in [1.165, 1.54) is 29.8 Å². The molecule has 120 valence electrons. The van der Waals surface area contributed by atoms with Gasteiger partial charge >= 0.3 is 0 Å². The van der Waals surface area contributed by atoms with Crippen molar-refractivity contribution in [3.05, 3.63) is 77.1 Å². The zero-order valence-electron chi connectivity index (χ0n) is 13.0. The number of carbonyl (C=O) groups is 1. The van der Waals surface area contributed by atoms with Gasteiger partial charge in [-0.1, -0.05) is 54.1 Å². The van der Waals surface area contributed by atoms with Crippen molar-refractivity contribution < 1.29 is 14.3 Å². The molecule has 1 unspecified atom stereocenters. The lowest BCUT2D eigenvalue weighted by Gasteiger charge is -2.11. The third kappa shape index (κ3) is 5.68. The van der Waals surface area contributed by atoms with Crippen molar-refractivity contribution in [3.63, 3.8) is 0 Å². The van der Waals surface area contributed by atoms with Crippen LogP contribution >= 0.6 is 0 Å². The number of aliphatic hydroxyl groups is 1. The Kier molecular flexibility index (Phi) is 6.06. The molecule has 2 aromatic carbocycles. The average Bonchev–Trinajstić information content (AvgIpc) is 2.55. The van der Waals surface area contributed by atoms with Gasteiger partial charge in [-0.05, 0) is 30.2 Å². The van der Waals surface area contributed by atoms with E-state index in [9.17, 15) is 14.3 Å². The van der Waals surface area contributed by atoms with E-state index >= 15 is 0 Å². The number of benzene rings is 2. The predicted molar refractivity (Wildman–Crippen MR) is 89.2 cm³/mol. The third-order valence-corrected chi connectivity index (χ3v) is 3.44. The Hall–Kier alpha value is -2.46. The van der Waals surface area contributed by atoms with Crippen LogP contribution in [0.2, 0.25) is 0 Å². The van der Waals surface area contributed by atoms with E-state index in [0.717, 1.165) is 5.56 Å². The number of hydrogen-bond donors (Lipinski definition) is 2. The molecule has 23 heavy (non-hydrogen) atoms. The molecular weight excluding hydrogens is 293 g/mol.